The maximum absolute atomic E-state index is 14.9. The smallest absolute Gasteiger partial charge is 0.242 e. The number of hydrogen-bond acceptors (Lipinski definition) is 14. The molecule has 0 saturated heterocycles. The molecule has 4 aromatic carbocycles. The summed E-state index contributed by atoms with van der Waals surface area (Å²) in [5, 5.41) is 3.19. The Bertz CT molecular complexity index is 2930. The van der Waals surface area contributed by atoms with Crippen molar-refractivity contribution in [3.63, 3.8) is 0 Å². The average molecular weight is 1250 g/mol. The number of primary amides is 1. The number of nitrogens with one attached hydrogen (secondary N) is 1. The van der Waals surface area contributed by atoms with Crippen molar-refractivity contribution in [3.8, 4) is 11.5 Å². The molecule has 0 bridgehead atoms. The summed E-state index contributed by atoms with van der Waals surface area (Å²) >= 11 is 0. The Balaban J connectivity index is 1.36. The van der Waals surface area contributed by atoms with Crippen LogP contribution in [0.1, 0.15) is 88.5 Å². The van der Waals surface area contributed by atoms with E-state index in [1.807, 2.05) is 94.4 Å². The van der Waals surface area contributed by atoms with Crippen LogP contribution in [0.3, 0.4) is 0 Å². The molecule has 7 N–H and O–H groups in total. The van der Waals surface area contributed by atoms with Crippen LogP contribution in [-0.4, -0.2) is 211 Å². The second kappa shape index (κ2) is 38.2. The van der Waals surface area contributed by atoms with E-state index in [4.69, 9.17) is 26.7 Å². The largest absolute Gasteiger partial charge is 0.493 e. The maximum Gasteiger partial charge on any atom is 0.242 e. The van der Waals surface area contributed by atoms with Crippen molar-refractivity contribution in [2.75, 3.05) is 112 Å². The maximum atomic E-state index is 14.9. The van der Waals surface area contributed by atoms with E-state index in [1.54, 1.807) is 61.6 Å². The number of carbonyl (C=O) groups is 9. The third-order valence-electron chi connectivity index (χ3n) is 15.0. The summed E-state index contributed by atoms with van der Waals surface area (Å²) in [6.07, 6.45) is 3.34. The summed E-state index contributed by atoms with van der Waals surface area (Å²) in [5.74, 6) is -3.67. The Morgan fingerprint density at radius 2 is 0.811 bits per heavy atom. The van der Waals surface area contributed by atoms with E-state index in [9.17, 15) is 43.2 Å². The van der Waals surface area contributed by atoms with Crippen LogP contribution >= 0.6 is 0 Å². The zero-order valence-corrected chi connectivity index (χ0v) is 53.6. The Morgan fingerprint density at radius 1 is 0.444 bits per heavy atom. The Hall–Kier alpha value is -8.41. The molecule has 0 aliphatic heterocycles. The van der Waals surface area contributed by atoms with Crippen molar-refractivity contribution in [1.82, 2.24) is 44.5 Å². The van der Waals surface area contributed by atoms with E-state index < -0.39 is 86.5 Å². The van der Waals surface area contributed by atoms with Gasteiger partial charge in [-0.25, -0.2) is 0 Å². The molecule has 0 aromatic heterocycles. The first-order valence-corrected chi connectivity index (χ1v) is 31.2. The summed E-state index contributed by atoms with van der Waals surface area (Å²) < 4.78 is 10.8. The van der Waals surface area contributed by atoms with Gasteiger partial charge in [-0.1, -0.05) is 125 Å². The van der Waals surface area contributed by atoms with Gasteiger partial charge in [0.05, 0.1) is 46.9 Å². The predicted molar refractivity (Wildman–Crippen MR) is 343 cm³/mol. The van der Waals surface area contributed by atoms with E-state index in [0.29, 0.717) is 62.4 Å². The van der Waals surface area contributed by atoms with Crippen LogP contribution in [0.15, 0.2) is 109 Å². The Labute approximate surface area is 531 Å². The number of methoxy groups -OCH3 is 2. The minimum Gasteiger partial charge on any atom is -0.493 e. The molecule has 1 aliphatic rings. The Morgan fingerprint density at radius 3 is 1.19 bits per heavy atom. The van der Waals surface area contributed by atoms with Gasteiger partial charge in [-0.3, -0.25) is 43.2 Å². The van der Waals surface area contributed by atoms with Crippen LogP contribution in [0.4, 0.5) is 0 Å². The number of unbranched alkanes of at least 4 members (excludes halogenated alkanes) is 2. The molecule has 1 fully saturated rings. The highest BCUT2D eigenvalue weighted by molar-refractivity contribution is 5.94. The normalized spacial score (nSPS) is 11.8. The fraction of sp³-hybridized carbons (Fsp3) is 0.507. The molecule has 4 aromatic rings. The molecule has 0 atom stereocenters. The van der Waals surface area contributed by atoms with Crippen molar-refractivity contribution < 1.29 is 52.6 Å². The number of hydrogen-bond donors (Lipinski definition) is 4. The van der Waals surface area contributed by atoms with Gasteiger partial charge in [0.15, 0.2) is 11.5 Å². The highest BCUT2D eigenvalue weighted by Crippen LogP contribution is 2.29. The lowest BCUT2D eigenvalue weighted by Gasteiger charge is -2.33. The van der Waals surface area contributed by atoms with Gasteiger partial charge in [0.2, 0.25) is 53.2 Å². The van der Waals surface area contributed by atoms with Gasteiger partial charge < -0.3 is 71.2 Å². The van der Waals surface area contributed by atoms with Crippen molar-refractivity contribution in [2.24, 2.45) is 29.0 Å². The molecule has 5 rings (SSSR count). The summed E-state index contributed by atoms with van der Waals surface area (Å²) in [6, 6.07) is 32.6. The zero-order chi connectivity index (χ0) is 65.5. The second-order valence-corrected chi connectivity index (χ2v) is 23.7. The molecule has 0 spiro atoms. The molecule has 490 valence electrons. The van der Waals surface area contributed by atoms with Crippen LogP contribution in [0.5, 0.6) is 11.5 Å². The lowest BCUT2D eigenvalue weighted by atomic mass is 10.2. The van der Waals surface area contributed by atoms with Crippen LogP contribution in [0.2, 0.25) is 0 Å². The van der Waals surface area contributed by atoms with Gasteiger partial charge in [0.25, 0.3) is 0 Å². The van der Waals surface area contributed by atoms with Gasteiger partial charge in [-0.2, -0.15) is 0 Å². The lowest BCUT2D eigenvalue weighted by Crippen LogP contribution is -2.53. The van der Waals surface area contributed by atoms with E-state index >= 15 is 0 Å². The van der Waals surface area contributed by atoms with E-state index in [0.717, 1.165) is 29.5 Å². The van der Waals surface area contributed by atoms with E-state index in [2.05, 4.69) is 5.32 Å². The van der Waals surface area contributed by atoms with Crippen LogP contribution < -0.4 is 32.0 Å². The van der Waals surface area contributed by atoms with Crippen LogP contribution in [-0.2, 0) is 69.3 Å². The van der Waals surface area contributed by atoms with Crippen molar-refractivity contribution >= 4 is 53.2 Å². The molecule has 23 heteroatoms. The Kier molecular flexibility index (Phi) is 30.7. The quantitative estimate of drug-likeness (QED) is 0.0463. The fourth-order valence-electron chi connectivity index (χ4n) is 10.2. The molecular formula is C67H96N12O11. The van der Waals surface area contributed by atoms with Gasteiger partial charge in [-0.05, 0) is 97.8 Å². The minimum atomic E-state index is -0.703. The fourth-order valence-corrected chi connectivity index (χ4v) is 10.2. The van der Waals surface area contributed by atoms with Crippen molar-refractivity contribution in [2.45, 2.75) is 98.4 Å². The first kappa shape index (κ1) is 72.3. The summed E-state index contributed by atoms with van der Waals surface area (Å²) in [4.78, 5) is 139. The first-order valence-electron chi connectivity index (χ1n) is 31.2. The van der Waals surface area contributed by atoms with Crippen LogP contribution in [0.25, 0.3) is 0 Å². The number of ether oxygens (including phenoxy) is 2. The number of carbonyl (C=O) groups excluding carboxylic acids is 9. The highest BCUT2D eigenvalue weighted by Gasteiger charge is 2.36. The molecular weight excluding hydrogens is 1150 g/mol. The topological polar surface area (TPSA) is 288 Å². The third-order valence-corrected chi connectivity index (χ3v) is 15.0. The van der Waals surface area contributed by atoms with Gasteiger partial charge in [0.1, 0.15) is 26.2 Å². The molecule has 0 unspecified atom stereocenters. The predicted octanol–water partition coefficient (Wildman–Crippen LogP) is 3.46. The SMILES string of the molecule is COc1ccc(CNCC(=O)N(CC(=O)N(CC(=O)N(CC(=O)N(CCCCN)CC(=O)N(CCCCN)CC(=O)N(CC(=O)N(CC(=O)N(CC(N)=O)CC(C)C)Cc2ccccc2)Cc2ccccc2)CC(C)C)Cc2ccccc2)C2CC2)cc1OC. The first-order chi connectivity index (χ1) is 43.2. The molecule has 9 amide bonds. The molecule has 1 aliphatic carbocycles. The summed E-state index contributed by atoms with van der Waals surface area (Å²) in [6.45, 7) is 5.82. The summed E-state index contributed by atoms with van der Waals surface area (Å²) in [7, 11) is 3.10. The number of rotatable bonds is 41. The molecule has 0 heterocycles. The molecule has 1 saturated carbocycles. The summed E-state index contributed by atoms with van der Waals surface area (Å²) in [5.41, 5.74) is 20.4. The van der Waals surface area contributed by atoms with Crippen molar-refractivity contribution in [1.29, 1.82) is 0 Å². The van der Waals surface area contributed by atoms with Crippen LogP contribution in [0, 0.1) is 11.8 Å². The number of benzene rings is 4. The van der Waals surface area contributed by atoms with E-state index in [-0.39, 0.29) is 89.2 Å². The molecule has 90 heavy (non-hydrogen) atoms. The van der Waals surface area contributed by atoms with Gasteiger partial charge in [0, 0.05) is 58.4 Å². The van der Waals surface area contributed by atoms with Gasteiger partial charge in [-0.15, -0.1) is 0 Å². The lowest BCUT2D eigenvalue weighted by molar-refractivity contribution is -0.149. The number of nitrogens with zero attached hydrogens (tertiary/aromatic N) is 8. The van der Waals surface area contributed by atoms with E-state index in [1.165, 1.54) is 34.3 Å². The highest BCUT2D eigenvalue weighted by atomic mass is 16.5. The average Bonchev–Trinajstić information content (AvgIpc) is 2.37. The second-order valence-electron chi connectivity index (χ2n) is 23.7. The number of nitrogens with two attached hydrogens (primary N) is 3. The zero-order valence-electron chi connectivity index (χ0n) is 53.6. The molecule has 0 radical (unpaired) electrons. The standard InChI is InChI=1S/C67H96N12O11/c1-50(2)37-74(42-59(70)80)64(85)46-77(40-53-22-12-8-13-23-53)66(87)48-76(39-52-20-10-7-11-21-52)63(84)44-73(33-19-17-31-69)61(82)43-72(32-18-16-30-68)62(83)45-75(38-51(3)4)65(86)47-78(41-54-24-14-9-15-25-54)67(88)49-79(56-27-28-56)60(81)36-71-35-55-26-29-57(89-5)58(34-55)90-6/h7-15,20-26,29,34,50-51,56,71H,16-19,27-28,30-33,35-49,68-69H2,1-6H3,(H2,70,80). The van der Waals surface area contributed by atoms with Gasteiger partial charge >= 0.3 is 0 Å². The number of amides is 9. The van der Waals surface area contributed by atoms with Crippen molar-refractivity contribution in [3.05, 3.63) is 131 Å². The third kappa shape index (κ3) is 25.2. The molecule has 23 nitrogen and oxygen atoms in total. The minimum absolute atomic E-state index is 0.0111. The monoisotopic (exact) mass is 1240 g/mol.